The first-order chi connectivity index (χ1) is 11.4. The van der Waals surface area contributed by atoms with Crippen LogP contribution in [0.1, 0.15) is 63.6 Å². The summed E-state index contributed by atoms with van der Waals surface area (Å²) in [5.74, 6) is 1.04. The molecule has 2 unspecified atom stereocenters. The number of piperidine rings is 1. The number of nitrogens with one attached hydrogen (secondary N) is 1. The Bertz CT molecular complexity index is 525. The number of hydrogen-bond acceptors (Lipinski definition) is 2. The third-order valence-corrected chi connectivity index (χ3v) is 4.97. The molecule has 1 aromatic carbocycles. The summed E-state index contributed by atoms with van der Waals surface area (Å²) >= 11 is 0. The van der Waals surface area contributed by atoms with Crippen LogP contribution in [0, 0.1) is 11.8 Å². The molecular formula is C20H32N2O2. The number of hydrogen-bond donors (Lipinski definition) is 2. The van der Waals surface area contributed by atoms with Crippen LogP contribution in [0.4, 0.5) is 4.79 Å². The molecule has 1 fully saturated rings. The van der Waals surface area contributed by atoms with E-state index in [0.717, 1.165) is 24.9 Å². The highest BCUT2D eigenvalue weighted by Gasteiger charge is 2.26. The molecule has 0 aliphatic carbocycles. The lowest BCUT2D eigenvalue weighted by Gasteiger charge is -2.34. The van der Waals surface area contributed by atoms with Gasteiger partial charge in [0.05, 0.1) is 6.04 Å². The van der Waals surface area contributed by atoms with Crippen molar-refractivity contribution in [1.29, 1.82) is 0 Å². The fourth-order valence-corrected chi connectivity index (χ4v) is 3.35. The normalized spacial score (nSPS) is 19.6. The van der Waals surface area contributed by atoms with E-state index in [2.05, 4.69) is 57.3 Å². The van der Waals surface area contributed by atoms with E-state index in [1.165, 1.54) is 5.56 Å². The summed E-state index contributed by atoms with van der Waals surface area (Å²) in [6.07, 6.45) is 1.97. The maximum Gasteiger partial charge on any atom is 0.317 e. The molecule has 1 heterocycles. The number of carbonyl (C=O) groups is 1. The van der Waals surface area contributed by atoms with E-state index in [4.69, 9.17) is 0 Å². The van der Waals surface area contributed by atoms with Crippen LogP contribution in [0.2, 0.25) is 0 Å². The van der Waals surface area contributed by atoms with Crippen molar-refractivity contribution < 1.29 is 9.90 Å². The number of aliphatic hydroxyl groups is 1. The highest BCUT2D eigenvalue weighted by molar-refractivity contribution is 5.75. The molecule has 0 saturated carbocycles. The minimum Gasteiger partial charge on any atom is -0.396 e. The van der Waals surface area contributed by atoms with Crippen molar-refractivity contribution in [2.24, 2.45) is 11.8 Å². The van der Waals surface area contributed by atoms with Gasteiger partial charge in [-0.1, -0.05) is 52.0 Å². The van der Waals surface area contributed by atoms with Gasteiger partial charge in [-0.05, 0) is 41.7 Å². The van der Waals surface area contributed by atoms with E-state index in [9.17, 15) is 9.90 Å². The number of nitrogens with zero attached hydrogens (tertiary/aromatic N) is 1. The Labute approximate surface area is 146 Å². The lowest BCUT2D eigenvalue weighted by atomic mass is 9.93. The number of amides is 2. The van der Waals surface area contributed by atoms with Gasteiger partial charge in [-0.25, -0.2) is 4.79 Å². The van der Waals surface area contributed by atoms with Gasteiger partial charge >= 0.3 is 6.03 Å². The average molecular weight is 332 g/mol. The molecule has 2 rings (SSSR count). The second kappa shape index (κ2) is 8.52. The lowest BCUT2D eigenvalue weighted by Crippen LogP contribution is -2.47. The summed E-state index contributed by atoms with van der Waals surface area (Å²) in [4.78, 5) is 14.5. The number of urea groups is 1. The molecule has 2 amide bonds. The van der Waals surface area contributed by atoms with Crippen LogP contribution in [0.15, 0.2) is 24.3 Å². The van der Waals surface area contributed by atoms with Crippen LogP contribution in [-0.4, -0.2) is 35.7 Å². The molecule has 0 aromatic heterocycles. The molecule has 0 bridgehead atoms. The maximum atomic E-state index is 12.7. The SMILES string of the molecule is CC(C)c1ccc(C(NC(=O)N2CCCC(CO)C2)C(C)C)cc1. The fourth-order valence-electron chi connectivity index (χ4n) is 3.35. The Morgan fingerprint density at radius 3 is 2.38 bits per heavy atom. The largest absolute Gasteiger partial charge is 0.396 e. The van der Waals surface area contributed by atoms with Gasteiger partial charge in [0.15, 0.2) is 0 Å². The maximum absolute atomic E-state index is 12.7. The first-order valence-corrected chi connectivity index (χ1v) is 9.18. The Kier molecular flexibility index (Phi) is 6.67. The minimum absolute atomic E-state index is 0.00761. The number of aliphatic hydroxyl groups excluding tert-OH is 1. The third kappa shape index (κ3) is 4.73. The zero-order valence-corrected chi connectivity index (χ0v) is 15.5. The third-order valence-electron chi connectivity index (χ3n) is 4.97. The van der Waals surface area contributed by atoms with E-state index in [1.807, 2.05) is 4.90 Å². The van der Waals surface area contributed by atoms with Gasteiger partial charge in [-0.2, -0.15) is 0 Å². The standard InChI is InChI=1S/C20H32N2O2/c1-14(2)17-7-9-18(10-8-17)19(15(3)4)21-20(24)22-11-5-6-16(12-22)13-23/h7-10,14-16,19,23H,5-6,11-13H2,1-4H3,(H,21,24). The molecule has 1 saturated heterocycles. The summed E-state index contributed by atoms with van der Waals surface area (Å²) in [5, 5.41) is 12.6. The Morgan fingerprint density at radius 2 is 1.83 bits per heavy atom. The summed E-state index contributed by atoms with van der Waals surface area (Å²) in [5.41, 5.74) is 2.47. The van der Waals surface area contributed by atoms with Gasteiger partial charge < -0.3 is 15.3 Å². The van der Waals surface area contributed by atoms with E-state index in [0.29, 0.717) is 18.4 Å². The van der Waals surface area contributed by atoms with Crippen LogP contribution in [0.25, 0.3) is 0 Å². The van der Waals surface area contributed by atoms with Crippen LogP contribution in [-0.2, 0) is 0 Å². The second-order valence-electron chi connectivity index (χ2n) is 7.63. The predicted octanol–water partition coefficient (Wildman–Crippen LogP) is 3.92. The first-order valence-electron chi connectivity index (χ1n) is 9.18. The van der Waals surface area contributed by atoms with Gasteiger partial charge in [0, 0.05) is 19.7 Å². The zero-order valence-electron chi connectivity index (χ0n) is 15.5. The summed E-state index contributed by atoms with van der Waals surface area (Å²) in [6, 6.07) is 8.57. The zero-order chi connectivity index (χ0) is 17.7. The molecule has 4 nitrogen and oxygen atoms in total. The Morgan fingerprint density at radius 1 is 1.21 bits per heavy atom. The van der Waals surface area contributed by atoms with Crippen LogP contribution < -0.4 is 5.32 Å². The van der Waals surface area contributed by atoms with Crippen LogP contribution >= 0.6 is 0 Å². The molecule has 24 heavy (non-hydrogen) atoms. The van der Waals surface area contributed by atoms with E-state index >= 15 is 0 Å². The lowest BCUT2D eigenvalue weighted by molar-refractivity contribution is 0.126. The number of benzene rings is 1. The number of rotatable bonds is 5. The molecule has 0 radical (unpaired) electrons. The fraction of sp³-hybridized carbons (Fsp3) is 0.650. The monoisotopic (exact) mass is 332 g/mol. The second-order valence-corrected chi connectivity index (χ2v) is 7.63. The number of carbonyl (C=O) groups excluding carboxylic acids is 1. The van der Waals surface area contributed by atoms with Crippen LogP contribution in [0.5, 0.6) is 0 Å². The van der Waals surface area contributed by atoms with Crippen molar-refractivity contribution in [3.8, 4) is 0 Å². The van der Waals surface area contributed by atoms with E-state index in [1.54, 1.807) is 0 Å². The topological polar surface area (TPSA) is 52.6 Å². The van der Waals surface area contributed by atoms with Crippen molar-refractivity contribution in [3.63, 3.8) is 0 Å². The molecule has 0 spiro atoms. The quantitative estimate of drug-likeness (QED) is 0.858. The van der Waals surface area contributed by atoms with Gasteiger partial charge in [-0.3, -0.25) is 0 Å². The summed E-state index contributed by atoms with van der Waals surface area (Å²) in [7, 11) is 0. The number of likely N-dealkylation sites (tertiary alicyclic amines) is 1. The van der Waals surface area contributed by atoms with Gasteiger partial charge in [0.25, 0.3) is 0 Å². The van der Waals surface area contributed by atoms with E-state index < -0.39 is 0 Å². The molecule has 1 aliphatic rings. The van der Waals surface area contributed by atoms with E-state index in [-0.39, 0.29) is 24.6 Å². The van der Waals surface area contributed by atoms with Crippen molar-refractivity contribution in [2.45, 2.75) is 52.5 Å². The molecule has 1 aromatic rings. The highest BCUT2D eigenvalue weighted by atomic mass is 16.3. The predicted molar refractivity (Wildman–Crippen MR) is 98.0 cm³/mol. The molecular weight excluding hydrogens is 300 g/mol. The molecule has 2 atom stereocenters. The van der Waals surface area contributed by atoms with Gasteiger partial charge in [-0.15, -0.1) is 0 Å². The summed E-state index contributed by atoms with van der Waals surface area (Å²) in [6.45, 7) is 10.2. The van der Waals surface area contributed by atoms with Gasteiger partial charge in [0.2, 0.25) is 0 Å². The minimum atomic E-state index is -0.0141. The smallest absolute Gasteiger partial charge is 0.317 e. The molecule has 4 heteroatoms. The van der Waals surface area contributed by atoms with Crippen molar-refractivity contribution in [1.82, 2.24) is 10.2 Å². The molecule has 1 aliphatic heterocycles. The van der Waals surface area contributed by atoms with Gasteiger partial charge in [0.1, 0.15) is 0 Å². The van der Waals surface area contributed by atoms with Crippen molar-refractivity contribution in [2.75, 3.05) is 19.7 Å². The first kappa shape index (κ1) is 18.8. The molecule has 2 N–H and O–H groups in total. The average Bonchev–Trinajstić information content (AvgIpc) is 2.59. The van der Waals surface area contributed by atoms with Crippen LogP contribution in [0.3, 0.4) is 0 Å². The Balaban J connectivity index is 2.06. The van der Waals surface area contributed by atoms with Crippen molar-refractivity contribution in [3.05, 3.63) is 35.4 Å². The summed E-state index contributed by atoms with van der Waals surface area (Å²) < 4.78 is 0. The Hall–Kier alpha value is -1.55. The van der Waals surface area contributed by atoms with Crippen molar-refractivity contribution >= 4 is 6.03 Å². The molecule has 134 valence electrons. The highest BCUT2D eigenvalue weighted by Crippen LogP contribution is 2.25.